The lowest BCUT2D eigenvalue weighted by Crippen LogP contribution is -2.13. The third-order valence-electron chi connectivity index (χ3n) is 3.40. The van der Waals surface area contributed by atoms with Gasteiger partial charge in [0.2, 0.25) is 0 Å². The van der Waals surface area contributed by atoms with E-state index < -0.39 is 9.84 Å². The van der Waals surface area contributed by atoms with Crippen LogP contribution in [0.4, 0.5) is 5.69 Å². The van der Waals surface area contributed by atoms with Gasteiger partial charge in [-0.3, -0.25) is 0 Å². The van der Waals surface area contributed by atoms with Crippen molar-refractivity contribution in [3.05, 3.63) is 54.6 Å². The Labute approximate surface area is 126 Å². The van der Waals surface area contributed by atoms with E-state index in [0.29, 0.717) is 13.0 Å². The van der Waals surface area contributed by atoms with Crippen molar-refractivity contribution in [3.8, 4) is 11.1 Å². The van der Waals surface area contributed by atoms with E-state index in [1.807, 2.05) is 36.4 Å². The molecule has 0 spiro atoms. The molecular formula is C17H21NO2S. The van der Waals surface area contributed by atoms with Crippen molar-refractivity contribution in [2.45, 2.75) is 13.3 Å². The summed E-state index contributed by atoms with van der Waals surface area (Å²) in [6.07, 6.45) is 0.624. The van der Waals surface area contributed by atoms with E-state index in [9.17, 15) is 8.42 Å². The van der Waals surface area contributed by atoms with Crippen LogP contribution in [0.3, 0.4) is 0 Å². The maximum absolute atomic E-state index is 11.5. The highest BCUT2D eigenvalue weighted by atomic mass is 32.2. The molecule has 0 saturated carbocycles. The monoisotopic (exact) mass is 303 g/mol. The van der Waals surface area contributed by atoms with Gasteiger partial charge in [-0.2, -0.15) is 0 Å². The first-order valence-electron chi connectivity index (χ1n) is 7.21. The van der Waals surface area contributed by atoms with Gasteiger partial charge in [0.15, 0.2) is 0 Å². The molecule has 1 N–H and O–H groups in total. The zero-order valence-corrected chi connectivity index (χ0v) is 13.1. The van der Waals surface area contributed by atoms with Gasteiger partial charge in [-0.15, -0.1) is 0 Å². The molecule has 3 nitrogen and oxygen atoms in total. The minimum atomic E-state index is -2.88. The van der Waals surface area contributed by atoms with Gasteiger partial charge in [-0.05, 0) is 18.1 Å². The lowest BCUT2D eigenvalue weighted by molar-refractivity contribution is 0.595. The van der Waals surface area contributed by atoms with E-state index in [2.05, 4.69) is 23.5 Å². The highest BCUT2D eigenvalue weighted by Crippen LogP contribution is 2.27. The second kappa shape index (κ2) is 7.27. The molecule has 0 unspecified atom stereocenters. The molecule has 0 bridgehead atoms. The molecule has 4 heteroatoms. The summed E-state index contributed by atoms with van der Waals surface area (Å²) in [6.45, 7) is 2.34. The molecule has 0 aromatic heterocycles. The molecule has 0 atom stereocenters. The third kappa shape index (κ3) is 4.60. The van der Waals surface area contributed by atoms with E-state index >= 15 is 0 Å². The summed E-state index contributed by atoms with van der Waals surface area (Å²) in [7, 11) is -2.88. The molecule has 0 radical (unpaired) electrons. The number of hydrogen-bond acceptors (Lipinski definition) is 3. The molecule has 2 aromatic rings. The van der Waals surface area contributed by atoms with E-state index in [1.54, 1.807) is 6.92 Å². The minimum Gasteiger partial charge on any atom is -0.385 e. The summed E-state index contributed by atoms with van der Waals surface area (Å²) in [5.74, 6) is 0.456. The minimum absolute atomic E-state index is 0.216. The van der Waals surface area contributed by atoms with Crippen molar-refractivity contribution in [2.24, 2.45) is 0 Å². The Morgan fingerprint density at radius 3 is 2.33 bits per heavy atom. The van der Waals surface area contributed by atoms with Gasteiger partial charge in [0, 0.05) is 23.5 Å². The zero-order chi connectivity index (χ0) is 15.1. The second-order valence-electron chi connectivity index (χ2n) is 4.93. The maximum atomic E-state index is 11.5. The fourth-order valence-electron chi connectivity index (χ4n) is 2.17. The van der Waals surface area contributed by atoms with Crippen molar-refractivity contribution in [1.82, 2.24) is 0 Å². The zero-order valence-electron chi connectivity index (χ0n) is 12.2. The number of hydrogen-bond donors (Lipinski definition) is 1. The second-order valence-corrected chi connectivity index (χ2v) is 7.40. The summed E-state index contributed by atoms with van der Waals surface area (Å²) in [5, 5.41) is 3.34. The first kappa shape index (κ1) is 15.6. The topological polar surface area (TPSA) is 46.2 Å². The van der Waals surface area contributed by atoms with Gasteiger partial charge >= 0.3 is 0 Å². The fourth-order valence-corrected chi connectivity index (χ4v) is 3.04. The number of rotatable bonds is 7. The average molecular weight is 303 g/mol. The van der Waals surface area contributed by atoms with E-state index in [4.69, 9.17) is 0 Å². The Hall–Kier alpha value is -1.81. The largest absolute Gasteiger partial charge is 0.385 e. The van der Waals surface area contributed by atoms with Crippen molar-refractivity contribution >= 4 is 15.5 Å². The van der Waals surface area contributed by atoms with Crippen LogP contribution in [0.5, 0.6) is 0 Å². The maximum Gasteiger partial charge on any atom is 0.150 e. The van der Waals surface area contributed by atoms with Crippen LogP contribution in [0, 0.1) is 0 Å². The first-order chi connectivity index (χ1) is 10.1. The normalized spacial score (nSPS) is 11.3. The van der Waals surface area contributed by atoms with E-state index in [1.165, 1.54) is 0 Å². The molecule has 0 fully saturated rings. The highest BCUT2D eigenvalue weighted by Gasteiger charge is 2.07. The number of para-hydroxylation sites is 1. The Balaban J connectivity index is 2.02. The molecular weight excluding hydrogens is 282 g/mol. The van der Waals surface area contributed by atoms with Gasteiger partial charge in [0.1, 0.15) is 9.84 Å². The van der Waals surface area contributed by atoms with Crippen molar-refractivity contribution in [2.75, 3.05) is 23.4 Å². The smallest absolute Gasteiger partial charge is 0.150 e. The Bertz CT molecular complexity index is 666. The SMILES string of the molecule is CCS(=O)(=O)CCCNc1ccccc1-c1ccccc1. The van der Waals surface area contributed by atoms with E-state index in [0.717, 1.165) is 16.8 Å². The molecule has 0 saturated heterocycles. The van der Waals surface area contributed by atoms with Crippen LogP contribution in [0.25, 0.3) is 11.1 Å². The summed E-state index contributed by atoms with van der Waals surface area (Å²) < 4.78 is 22.9. The molecule has 21 heavy (non-hydrogen) atoms. The molecule has 0 aliphatic carbocycles. The third-order valence-corrected chi connectivity index (χ3v) is 5.19. The van der Waals surface area contributed by atoms with E-state index in [-0.39, 0.29) is 11.5 Å². The lowest BCUT2D eigenvalue weighted by atomic mass is 10.0. The predicted octanol–water partition coefficient (Wildman–Crippen LogP) is 3.59. The Morgan fingerprint density at radius 2 is 1.62 bits per heavy atom. The first-order valence-corrected chi connectivity index (χ1v) is 9.03. The number of benzene rings is 2. The quantitative estimate of drug-likeness (QED) is 0.795. The van der Waals surface area contributed by atoms with Crippen molar-refractivity contribution in [3.63, 3.8) is 0 Å². The van der Waals surface area contributed by atoms with Crippen molar-refractivity contribution < 1.29 is 8.42 Å². The van der Waals surface area contributed by atoms with Crippen LogP contribution < -0.4 is 5.32 Å². The summed E-state index contributed by atoms with van der Waals surface area (Å²) in [5.41, 5.74) is 3.33. The van der Waals surface area contributed by atoms with Crippen LogP contribution in [-0.4, -0.2) is 26.5 Å². The molecule has 2 aromatic carbocycles. The molecule has 0 aliphatic heterocycles. The molecule has 0 aliphatic rings. The van der Waals surface area contributed by atoms with Crippen LogP contribution in [0.15, 0.2) is 54.6 Å². The standard InChI is InChI=1S/C17H21NO2S/c1-2-21(19,20)14-8-13-18-17-12-7-6-11-16(17)15-9-4-3-5-10-15/h3-7,9-12,18H,2,8,13-14H2,1H3. The molecule has 2 rings (SSSR count). The molecule has 0 amide bonds. The number of nitrogens with one attached hydrogen (secondary N) is 1. The number of sulfone groups is 1. The summed E-state index contributed by atoms with van der Waals surface area (Å²) in [4.78, 5) is 0. The van der Waals surface area contributed by atoms with Gasteiger partial charge in [0.05, 0.1) is 5.75 Å². The molecule has 0 heterocycles. The van der Waals surface area contributed by atoms with Gasteiger partial charge in [0.25, 0.3) is 0 Å². The summed E-state index contributed by atoms with van der Waals surface area (Å²) in [6, 6.07) is 18.3. The predicted molar refractivity (Wildman–Crippen MR) is 89.3 cm³/mol. The van der Waals surface area contributed by atoms with Crippen LogP contribution in [0.1, 0.15) is 13.3 Å². The highest BCUT2D eigenvalue weighted by molar-refractivity contribution is 7.91. The summed E-state index contributed by atoms with van der Waals surface area (Å²) >= 11 is 0. The van der Waals surface area contributed by atoms with Crippen LogP contribution in [-0.2, 0) is 9.84 Å². The lowest BCUT2D eigenvalue weighted by Gasteiger charge is -2.12. The van der Waals surface area contributed by atoms with Gasteiger partial charge < -0.3 is 5.32 Å². The average Bonchev–Trinajstić information content (AvgIpc) is 2.53. The Morgan fingerprint density at radius 1 is 0.952 bits per heavy atom. The van der Waals surface area contributed by atoms with Gasteiger partial charge in [-0.1, -0.05) is 55.5 Å². The molecule has 112 valence electrons. The van der Waals surface area contributed by atoms with Crippen LogP contribution >= 0.6 is 0 Å². The van der Waals surface area contributed by atoms with Crippen LogP contribution in [0.2, 0.25) is 0 Å². The Kier molecular flexibility index (Phi) is 5.39. The van der Waals surface area contributed by atoms with Gasteiger partial charge in [-0.25, -0.2) is 8.42 Å². The van der Waals surface area contributed by atoms with Crippen molar-refractivity contribution in [1.29, 1.82) is 0 Å². The number of anilines is 1. The fraction of sp³-hybridized carbons (Fsp3) is 0.294.